The molecular weight excluding hydrogens is 282 g/mol. The van der Waals surface area contributed by atoms with Crippen LogP contribution in [0.3, 0.4) is 0 Å². The van der Waals surface area contributed by atoms with Crippen LogP contribution < -0.4 is 5.32 Å². The summed E-state index contributed by atoms with van der Waals surface area (Å²) in [6.07, 6.45) is 0.0529. The molecule has 1 heterocycles. The summed E-state index contributed by atoms with van der Waals surface area (Å²) in [6.45, 7) is 2.97. The highest BCUT2D eigenvalue weighted by Gasteiger charge is 2.32. The van der Waals surface area contributed by atoms with Crippen molar-refractivity contribution in [1.29, 1.82) is 0 Å². The van der Waals surface area contributed by atoms with Crippen LogP contribution in [0.4, 0.5) is 5.69 Å². The van der Waals surface area contributed by atoms with Gasteiger partial charge in [-0.1, -0.05) is 11.6 Å². The first-order valence-corrected chi connectivity index (χ1v) is 6.47. The van der Waals surface area contributed by atoms with E-state index >= 15 is 0 Å². The molecule has 2 rings (SSSR count). The fourth-order valence-corrected chi connectivity index (χ4v) is 2.30. The Kier molecular flexibility index (Phi) is 3.56. The third kappa shape index (κ3) is 2.67. The van der Waals surface area contributed by atoms with E-state index in [4.69, 9.17) is 16.7 Å². The van der Waals surface area contributed by atoms with Crippen molar-refractivity contribution in [3.63, 3.8) is 0 Å². The van der Waals surface area contributed by atoms with Crippen molar-refractivity contribution in [3.05, 3.63) is 28.3 Å². The van der Waals surface area contributed by atoms with Crippen LogP contribution in [0.5, 0.6) is 0 Å². The topological polar surface area (TPSA) is 83.5 Å². The number of carbonyl (C=O) groups is 3. The molecule has 0 saturated carbocycles. The second-order valence-electron chi connectivity index (χ2n) is 5.50. The number of carbonyl (C=O) groups excluding carboxylic acids is 2. The molecule has 0 fully saturated rings. The molecule has 0 bridgehead atoms. The van der Waals surface area contributed by atoms with Crippen molar-refractivity contribution in [2.24, 2.45) is 5.41 Å². The Morgan fingerprint density at radius 3 is 2.65 bits per heavy atom. The number of fused-ring (bicyclic) bond motifs is 1. The van der Waals surface area contributed by atoms with Crippen LogP contribution in [0.25, 0.3) is 0 Å². The van der Waals surface area contributed by atoms with Crippen LogP contribution in [-0.4, -0.2) is 22.8 Å². The van der Waals surface area contributed by atoms with Gasteiger partial charge in [0.05, 0.1) is 16.9 Å². The van der Waals surface area contributed by atoms with Gasteiger partial charge in [0.2, 0.25) is 5.91 Å². The molecule has 5 nitrogen and oxygen atoms in total. The van der Waals surface area contributed by atoms with Gasteiger partial charge < -0.3 is 10.4 Å². The van der Waals surface area contributed by atoms with Gasteiger partial charge in [0.25, 0.3) is 0 Å². The molecule has 0 spiro atoms. The lowest BCUT2D eigenvalue weighted by molar-refractivity contribution is -0.146. The molecule has 20 heavy (non-hydrogen) atoms. The fourth-order valence-electron chi connectivity index (χ4n) is 2.03. The molecule has 1 aliphatic rings. The highest BCUT2D eigenvalue weighted by atomic mass is 35.5. The molecule has 0 atom stereocenters. The first-order chi connectivity index (χ1) is 9.20. The second kappa shape index (κ2) is 4.90. The van der Waals surface area contributed by atoms with E-state index in [0.29, 0.717) is 11.3 Å². The van der Waals surface area contributed by atoms with Crippen LogP contribution >= 0.6 is 11.6 Å². The van der Waals surface area contributed by atoms with Crippen LogP contribution in [0, 0.1) is 5.41 Å². The number of aliphatic carboxylic acids is 1. The maximum Gasteiger partial charge on any atom is 0.309 e. The quantitative estimate of drug-likeness (QED) is 0.836. The average Bonchev–Trinajstić information content (AvgIpc) is 2.66. The van der Waals surface area contributed by atoms with Crippen molar-refractivity contribution in [2.45, 2.75) is 26.7 Å². The number of hydrogen-bond donors (Lipinski definition) is 2. The van der Waals surface area contributed by atoms with Crippen molar-refractivity contribution < 1.29 is 19.5 Å². The summed E-state index contributed by atoms with van der Waals surface area (Å²) in [7, 11) is 0. The van der Waals surface area contributed by atoms with Gasteiger partial charge in [-0.2, -0.15) is 0 Å². The van der Waals surface area contributed by atoms with E-state index in [1.54, 1.807) is 6.07 Å². The minimum Gasteiger partial charge on any atom is -0.481 e. The number of rotatable bonds is 4. The molecular formula is C14H14ClNO4. The van der Waals surface area contributed by atoms with Crippen molar-refractivity contribution in [1.82, 2.24) is 0 Å². The summed E-state index contributed by atoms with van der Waals surface area (Å²) in [5, 5.41) is 11.9. The molecule has 2 N–H and O–H groups in total. The van der Waals surface area contributed by atoms with Crippen LogP contribution in [-0.2, 0) is 16.0 Å². The lowest BCUT2D eigenvalue weighted by Gasteiger charge is -2.18. The third-order valence-electron chi connectivity index (χ3n) is 3.30. The van der Waals surface area contributed by atoms with Crippen LogP contribution in [0.2, 0.25) is 5.02 Å². The summed E-state index contributed by atoms with van der Waals surface area (Å²) < 4.78 is 0. The monoisotopic (exact) mass is 295 g/mol. The molecule has 0 unspecified atom stereocenters. The van der Waals surface area contributed by atoms with Crippen molar-refractivity contribution >= 4 is 34.9 Å². The van der Waals surface area contributed by atoms with E-state index in [0.717, 1.165) is 0 Å². The first kappa shape index (κ1) is 14.5. The van der Waals surface area contributed by atoms with E-state index < -0.39 is 11.4 Å². The van der Waals surface area contributed by atoms with Gasteiger partial charge in [-0.05, 0) is 31.5 Å². The highest BCUT2D eigenvalue weighted by molar-refractivity contribution is 6.34. The maximum absolute atomic E-state index is 12.2. The standard InChI is InChI=1S/C14H14ClNO4/c1-14(2,13(19)20)6-11(17)8-3-7-4-12(18)16-10(7)5-9(8)15/h3,5H,4,6H2,1-2H3,(H,16,18)(H,19,20). The largest absolute Gasteiger partial charge is 0.481 e. The number of Topliss-reactive ketones (excluding diaryl/α,β-unsaturated/α-hetero) is 1. The second-order valence-corrected chi connectivity index (χ2v) is 5.91. The number of carboxylic acids is 1. The van der Waals surface area contributed by atoms with Crippen molar-refractivity contribution in [2.75, 3.05) is 5.32 Å². The Bertz CT molecular complexity index is 622. The number of ketones is 1. The molecule has 6 heteroatoms. The minimum absolute atomic E-state index is 0.147. The smallest absolute Gasteiger partial charge is 0.309 e. The normalized spacial score (nSPS) is 13.8. The van der Waals surface area contributed by atoms with E-state index in [1.165, 1.54) is 19.9 Å². The van der Waals surface area contributed by atoms with Crippen LogP contribution in [0.1, 0.15) is 36.2 Å². The lowest BCUT2D eigenvalue weighted by atomic mass is 9.85. The van der Waals surface area contributed by atoms with E-state index in [-0.39, 0.29) is 35.1 Å². The Hall–Kier alpha value is -1.88. The predicted octanol–water partition coefficient (Wildman–Crippen LogP) is 2.52. The molecule has 0 radical (unpaired) electrons. The molecule has 1 aliphatic heterocycles. The number of carboxylic acid groups (broad SMARTS) is 1. The van der Waals surface area contributed by atoms with Gasteiger partial charge in [-0.3, -0.25) is 14.4 Å². The van der Waals surface area contributed by atoms with E-state index in [1.807, 2.05) is 0 Å². The molecule has 1 aromatic rings. The molecule has 1 aromatic carbocycles. The molecule has 0 saturated heterocycles. The number of hydrogen-bond acceptors (Lipinski definition) is 3. The molecule has 1 amide bonds. The Morgan fingerprint density at radius 2 is 2.05 bits per heavy atom. The fraction of sp³-hybridized carbons (Fsp3) is 0.357. The van der Waals surface area contributed by atoms with Gasteiger partial charge in [-0.25, -0.2) is 0 Å². The van der Waals surface area contributed by atoms with Gasteiger partial charge in [0.1, 0.15) is 0 Å². The zero-order valence-electron chi connectivity index (χ0n) is 11.1. The number of benzene rings is 1. The zero-order chi connectivity index (χ0) is 15.1. The summed E-state index contributed by atoms with van der Waals surface area (Å²) in [6, 6.07) is 3.10. The Morgan fingerprint density at radius 1 is 1.40 bits per heavy atom. The molecule has 106 valence electrons. The highest BCUT2D eigenvalue weighted by Crippen LogP contribution is 2.32. The summed E-state index contributed by atoms with van der Waals surface area (Å²) in [5.74, 6) is -1.53. The first-order valence-electron chi connectivity index (χ1n) is 6.09. The third-order valence-corrected chi connectivity index (χ3v) is 3.61. The number of nitrogens with one attached hydrogen (secondary N) is 1. The van der Waals surface area contributed by atoms with Gasteiger partial charge >= 0.3 is 5.97 Å². The number of anilines is 1. The summed E-state index contributed by atoms with van der Waals surface area (Å²) in [5.41, 5.74) is 0.411. The lowest BCUT2D eigenvalue weighted by Crippen LogP contribution is -2.27. The number of halogens is 1. The van der Waals surface area contributed by atoms with Crippen LogP contribution in [0.15, 0.2) is 12.1 Å². The maximum atomic E-state index is 12.2. The summed E-state index contributed by atoms with van der Waals surface area (Å²) >= 11 is 6.04. The van der Waals surface area contributed by atoms with Gasteiger partial charge in [0.15, 0.2) is 5.78 Å². The van der Waals surface area contributed by atoms with E-state index in [9.17, 15) is 14.4 Å². The summed E-state index contributed by atoms with van der Waals surface area (Å²) in [4.78, 5) is 34.6. The Labute approximate surface area is 120 Å². The zero-order valence-corrected chi connectivity index (χ0v) is 11.9. The molecule has 0 aromatic heterocycles. The molecule has 0 aliphatic carbocycles. The average molecular weight is 296 g/mol. The van der Waals surface area contributed by atoms with Gasteiger partial charge in [-0.15, -0.1) is 0 Å². The minimum atomic E-state index is -1.16. The van der Waals surface area contributed by atoms with E-state index in [2.05, 4.69) is 5.32 Å². The van der Waals surface area contributed by atoms with Crippen molar-refractivity contribution in [3.8, 4) is 0 Å². The SMILES string of the molecule is CC(C)(CC(=O)c1cc2c(cc1Cl)NC(=O)C2)C(=O)O. The van der Waals surface area contributed by atoms with Gasteiger partial charge in [0, 0.05) is 17.7 Å². The predicted molar refractivity (Wildman–Crippen MR) is 74.2 cm³/mol. The number of amides is 1. The Balaban J connectivity index is 2.30.